The van der Waals surface area contributed by atoms with Gasteiger partial charge in [-0.2, -0.15) is 0 Å². The highest BCUT2D eigenvalue weighted by atomic mass is 28.4. The van der Waals surface area contributed by atoms with E-state index in [1.807, 2.05) is 123 Å². The summed E-state index contributed by atoms with van der Waals surface area (Å²) in [5.74, 6) is 0.0455. The van der Waals surface area contributed by atoms with Crippen molar-refractivity contribution in [3.05, 3.63) is 132 Å². The molecule has 1 fully saturated rings. The molecule has 0 aliphatic carbocycles. The summed E-state index contributed by atoms with van der Waals surface area (Å²) in [6, 6.07) is 32.2. The smallest absolute Gasteiger partial charge is 0.269 e. The number of benzene rings is 4. The molecule has 266 valence electrons. The molecule has 11 nitrogen and oxygen atoms in total. The number of aromatic nitrogens is 3. The molecule has 2 amide bonds. The molecule has 52 heavy (non-hydrogen) atoms. The number of carbonyl (C=O) groups excluding carboxylic acids is 2. The van der Waals surface area contributed by atoms with Crippen LogP contribution in [-0.2, 0) is 33.0 Å². The van der Waals surface area contributed by atoms with E-state index in [0.29, 0.717) is 36.6 Å². The quantitative estimate of drug-likeness (QED) is 0.182. The van der Waals surface area contributed by atoms with Crippen molar-refractivity contribution in [1.29, 1.82) is 0 Å². The highest BCUT2D eigenvalue weighted by Crippen LogP contribution is 2.59. The van der Waals surface area contributed by atoms with E-state index in [4.69, 9.17) is 9.47 Å². The van der Waals surface area contributed by atoms with Gasteiger partial charge < -0.3 is 24.3 Å². The second-order valence-corrected chi connectivity index (χ2v) is 18.4. The molecule has 5 aromatic rings. The molecule has 0 bridgehead atoms. The summed E-state index contributed by atoms with van der Waals surface area (Å²) >= 11 is 0. The van der Waals surface area contributed by atoms with Crippen molar-refractivity contribution in [2.45, 2.75) is 62.9 Å². The summed E-state index contributed by atoms with van der Waals surface area (Å²) in [4.78, 5) is 42.9. The Hall–Kier alpha value is -5.14. The summed E-state index contributed by atoms with van der Waals surface area (Å²) in [5.41, 5.74) is 3.57. The van der Waals surface area contributed by atoms with Gasteiger partial charge in [-0.15, -0.1) is 5.10 Å². The third-order valence-electron chi connectivity index (χ3n) is 10.7. The van der Waals surface area contributed by atoms with Gasteiger partial charge in [-0.05, 0) is 61.0 Å². The zero-order valence-corrected chi connectivity index (χ0v) is 30.3. The summed E-state index contributed by atoms with van der Waals surface area (Å²) in [5, 5.41) is 19.4. The molecule has 1 aromatic heterocycles. The highest BCUT2D eigenvalue weighted by Gasteiger charge is 2.66. The van der Waals surface area contributed by atoms with E-state index < -0.39 is 26.1 Å². The van der Waals surface area contributed by atoms with Crippen molar-refractivity contribution in [3.8, 4) is 5.75 Å². The normalized spacial score (nSPS) is 23.1. The number of rotatable bonds is 9. The van der Waals surface area contributed by atoms with Crippen LogP contribution in [0.5, 0.6) is 5.75 Å². The van der Waals surface area contributed by atoms with E-state index in [9.17, 15) is 19.5 Å². The molecular formula is C40H41N5O6Si. The number of aliphatic hydroxyl groups is 1. The van der Waals surface area contributed by atoms with Gasteiger partial charge >= 0.3 is 0 Å². The van der Waals surface area contributed by atoms with Gasteiger partial charge in [-0.1, -0.05) is 84.9 Å². The molecule has 5 atom stereocenters. The van der Waals surface area contributed by atoms with Crippen LogP contribution in [0.1, 0.15) is 41.8 Å². The first kappa shape index (κ1) is 34.0. The van der Waals surface area contributed by atoms with E-state index in [1.165, 1.54) is 0 Å². The first-order chi connectivity index (χ1) is 25.1. The van der Waals surface area contributed by atoms with Crippen LogP contribution in [0.15, 0.2) is 109 Å². The number of ether oxygens (including phenoxy) is 2. The number of aliphatic hydroxyl groups excluding tert-OH is 1. The molecule has 4 aromatic carbocycles. The van der Waals surface area contributed by atoms with Crippen molar-refractivity contribution in [1.82, 2.24) is 15.0 Å². The fraction of sp³-hybridized carbons (Fsp3) is 0.300. The maximum atomic E-state index is 14.8. The minimum absolute atomic E-state index is 0.0369. The van der Waals surface area contributed by atoms with Gasteiger partial charge in [0.25, 0.3) is 11.8 Å². The van der Waals surface area contributed by atoms with E-state index in [0.717, 1.165) is 28.1 Å². The zero-order chi connectivity index (χ0) is 36.2. The Balaban J connectivity index is 1.04. The molecule has 0 saturated carbocycles. The van der Waals surface area contributed by atoms with E-state index in [1.54, 1.807) is 20.7 Å². The van der Waals surface area contributed by atoms with E-state index >= 15 is 0 Å². The largest absolute Gasteiger partial charge is 0.482 e. The van der Waals surface area contributed by atoms with Crippen molar-refractivity contribution in [3.63, 3.8) is 0 Å². The summed E-state index contributed by atoms with van der Waals surface area (Å²) in [6.07, 6.45) is 0.918. The number of fused-ring (bicyclic) bond motifs is 3. The second-order valence-electron chi connectivity index (χ2n) is 14.4. The zero-order valence-electron chi connectivity index (χ0n) is 29.3. The van der Waals surface area contributed by atoms with Gasteiger partial charge in [0.2, 0.25) is 0 Å². The third kappa shape index (κ3) is 5.72. The molecule has 0 unspecified atom stereocenters. The van der Waals surface area contributed by atoms with Gasteiger partial charge in [0.05, 0.1) is 30.2 Å². The van der Waals surface area contributed by atoms with Gasteiger partial charge in [0, 0.05) is 29.3 Å². The number of hydrogen-bond acceptors (Lipinski definition) is 8. The topological polar surface area (TPSA) is 130 Å². The van der Waals surface area contributed by atoms with Crippen molar-refractivity contribution in [2.75, 3.05) is 16.4 Å². The maximum absolute atomic E-state index is 14.8. The monoisotopic (exact) mass is 715 g/mol. The Labute approximate surface area is 303 Å². The lowest BCUT2D eigenvalue weighted by molar-refractivity contribution is -0.146. The van der Waals surface area contributed by atoms with Crippen LogP contribution in [0, 0.1) is 5.92 Å². The average Bonchev–Trinajstić information content (AvgIpc) is 3.81. The van der Waals surface area contributed by atoms with E-state index in [-0.39, 0.29) is 29.9 Å². The molecule has 1 spiro atoms. The summed E-state index contributed by atoms with van der Waals surface area (Å²) in [6.45, 7) is 6.56. The maximum Gasteiger partial charge on any atom is 0.269 e. The van der Waals surface area contributed by atoms with Crippen LogP contribution in [0.2, 0.25) is 18.6 Å². The fourth-order valence-electron chi connectivity index (χ4n) is 8.39. The number of nitrogens with zero attached hydrogens (tertiary/aromatic N) is 5. The number of carbonyl (C=O) groups is 2. The molecule has 1 saturated heterocycles. The Kier molecular flexibility index (Phi) is 8.57. The first-order valence-electron chi connectivity index (χ1n) is 17.6. The summed E-state index contributed by atoms with van der Waals surface area (Å²) < 4.78 is 14.3. The minimum Gasteiger partial charge on any atom is -0.482 e. The first-order valence-corrected chi connectivity index (χ1v) is 20.7. The van der Waals surface area contributed by atoms with Crippen LogP contribution in [0.3, 0.4) is 0 Å². The predicted octanol–water partition coefficient (Wildman–Crippen LogP) is 5.85. The lowest BCUT2D eigenvalue weighted by Gasteiger charge is -2.32. The van der Waals surface area contributed by atoms with Crippen molar-refractivity contribution >= 4 is 37.2 Å². The van der Waals surface area contributed by atoms with Crippen LogP contribution in [0.25, 0.3) is 0 Å². The molecule has 3 aliphatic heterocycles. The molecule has 2 N–H and O–H groups in total. The highest BCUT2D eigenvalue weighted by molar-refractivity contribution is 6.71. The van der Waals surface area contributed by atoms with Crippen LogP contribution in [0.4, 0.5) is 17.1 Å². The summed E-state index contributed by atoms with van der Waals surface area (Å²) in [7, 11) is -2.86. The van der Waals surface area contributed by atoms with Crippen LogP contribution in [-0.4, -0.2) is 57.7 Å². The molecule has 12 heteroatoms. The van der Waals surface area contributed by atoms with Crippen molar-refractivity contribution < 1.29 is 29.0 Å². The van der Waals surface area contributed by atoms with Gasteiger partial charge in [-0.25, -0.2) is 0 Å². The Bertz CT molecular complexity index is 2120. The second kappa shape index (κ2) is 13.1. The van der Waals surface area contributed by atoms with Crippen molar-refractivity contribution in [2.24, 2.45) is 5.92 Å². The molecule has 4 heterocycles. The number of hydrogen-bond donors (Lipinski definition) is 2. The molecule has 3 aliphatic rings. The Morgan fingerprint density at radius 3 is 2.37 bits per heavy atom. The number of para-hydroxylation sites is 3. The number of anilines is 3. The molecule has 0 radical (unpaired) electrons. The predicted molar refractivity (Wildman–Crippen MR) is 197 cm³/mol. The van der Waals surface area contributed by atoms with Gasteiger partial charge in [-0.3, -0.25) is 19.2 Å². The lowest BCUT2D eigenvalue weighted by Crippen LogP contribution is -2.46. The average molecular weight is 716 g/mol. The molecular weight excluding hydrogens is 675 g/mol. The third-order valence-corrected chi connectivity index (χ3v) is 13.2. The number of amides is 2. The van der Waals surface area contributed by atoms with E-state index in [2.05, 4.69) is 10.3 Å². The number of aryl methyl sites for hydroxylation is 1. The van der Waals surface area contributed by atoms with Crippen LogP contribution < -0.4 is 14.5 Å². The Morgan fingerprint density at radius 1 is 0.923 bits per heavy atom. The standard InChI is InChI=1S/C40H41N5O6Si/c1-26-38(52(2,3)49)35(21-22-43-24-31(41-42-43)37(47)28-11-5-4-6-12-28)51-40(26)30-13-7-8-14-32(30)44(39(40)48)23-27-17-19-29(20-18-27)45-33-15-9-10-16-34(33)50-25-36(45)46/h4-20,24,26,35,37-38,47,49H,21-23,25H2,1-3H3/t26-,35+,37+,38-,40+/m0/s1. The lowest BCUT2D eigenvalue weighted by atomic mass is 9.82. The minimum atomic E-state index is -2.86. The molecule has 8 rings (SSSR count). The SMILES string of the molecule is C[C@H]1[C@H]([Si](C)(C)O)[C@@H](CCn2cc([C@H](O)c3ccccc3)nn2)O[C@]12C(=O)N(Cc1ccc(N3C(=O)COc4ccccc43)cc1)c1ccccc12. The van der Waals surface area contributed by atoms with Gasteiger partial charge in [0.1, 0.15) is 17.5 Å². The van der Waals surface area contributed by atoms with Gasteiger partial charge in [0.15, 0.2) is 20.5 Å². The Morgan fingerprint density at radius 2 is 1.62 bits per heavy atom. The fourth-order valence-corrected chi connectivity index (χ4v) is 11.0. The van der Waals surface area contributed by atoms with Crippen LogP contribution >= 0.6 is 0 Å².